The van der Waals surface area contributed by atoms with Gasteiger partial charge in [-0.1, -0.05) is 34.6 Å². The van der Waals surface area contributed by atoms with Crippen LogP contribution in [0.15, 0.2) is 0 Å². The van der Waals surface area contributed by atoms with E-state index >= 15 is 0 Å². The molecule has 2 nitrogen and oxygen atoms in total. The standard InChI is InChI=1S/C19H37NO/c1-14(2)15-8-10-20(11-9-15)13-16-12-17(19(3,4)5)6-7-18(16)21/h14-18,21H,6-13H2,1-5H3. The maximum atomic E-state index is 10.4. The Labute approximate surface area is 132 Å². The van der Waals surface area contributed by atoms with E-state index in [1.54, 1.807) is 0 Å². The second-order valence-electron chi connectivity index (χ2n) is 9.09. The van der Waals surface area contributed by atoms with Gasteiger partial charge in [0.05, 0.1) is 6.10 Å². The lowest BCUT2D eigenvalue weighted by atomic mass is 9.68. The third kappa shape index (κ3) is 4.69. The first-order valence-corrected chi connectivity index (χ1v) is 9.17. The van der Waals surface area contributed by atoms with E-state index in [0.29, 0.717) is 11.3 Å². The van der Waals surface area contributed by atoms with E-state index in [9.17, 15) is 5.11 Å². The smallest absolute Gasteiger partial charge is 0.0580 e. The SMILES string of the molecule is CC(C)C1CCN(CC2CC(C(C)(C)C)CCC2O)CC1. The van der Waals surface area contributed by atoms with Gasteiger partial charge in [0.1, 0.15) is 0 Å². The summed E-state index contributed by atoms with van der Waals surface area (Å²) in [6.07, 6.45) is 6.07. The molecule has 1 N–H and O–H groups in total. The summed E-state index contributed by atoms with van der Waals surface area (Å²) >= 11 is 0. The van der Waals surface area contributed by atoms with Gasteiger partial charge in [-0.3, -0.25) is 0 Å². The maximum absolute atomic E-state index is 10.4. The Kier molecular flexibility index (Phi) is 5.76. The van der Waals surface area contributed by atoms with Crippen molar-refractivity contribution in [1.29, 1.82) is 0 Å². The van der Waals surface area contributed by atoms with Crippen LogP contribution in [0.5, 0.6) is 0 Å². The zero-order chi connectivity index (χ0) is 15.6. The van der Waals surface area contributed by atoms with Crippen molar-refractivity contribution in [1.82, 2.24) is 4.90 Å². The summed E-state index contributed by atoms with van der Waals surface area (Å²) in [6.45, 7) is 15.4. The van der Waals surface area contributed by atoms with Crippen molar-refractivity contribution < 1.29 is 5.11 Å². The molecule has 3 atom stereocenters. The Morgan fingerprint density at radius 3 is 2.19 bits per heavy atom. The van der Waals surface area contributed by atoms with Crippen LogP contribution in [-0.4, -0.2) is 35.7 Å². The van der Waals surface area contributed by atoms with Gasteiger partial charge in [-0.25, -0.2) is 0 Å². The van der Waals surface area contributed by atoms with E-state index in [0.717, 1.165) is 30.7 Å². The van der Waals surface area contributed by atoms with Crippen LogP contribution in [0.4, 0.5) is 0 Å². The average molecular weight is 296 g/mol. The van der Waals surface area contributed by atoms with Gasteiger partial charge in [0.15, 0.2) is 0 Å². The van der Waals surface area contributed by atoms with E-state index in [4.69, 9.17) is 0 Å². The molecule has 2 fully saturated rings. The highest BCUT2D eigenvalue weighted by Crippen LogP contribution is 2.40. The lowest BCUT2D eigenvalue weighted by Crippen LogP contribution is -2.44. The number of likely N-dealkylation sites (tertiary alicyclic amines) is 1. The zero-order valence-corrected chi connectivity index (χ0v) is 14.9. The van der Waals surface area contributed by atoms with Crippen LogP contribution < -0.4 is 0 Å². The number of aliphatic hydroxyl groups excluding tert-OH is 1. The monoisotopic (exact) mass is 295 g/mol. The first kappa shape index (κ1) is 17.3. The van der Waals surface area contributed by atoms with E-state index < -0.39 is 0 Å². The number of hydrogen-bond acceptors (Lipinski definition) is 2. The van der Waals surface area contributed by atoms with Crippen molar-refractivity contribution in [3.63, 3.8) is 0 Å². The molecule has 1 saturated heterocycles. The molecule has 1 saturated carbocycles. The summed E-state index contributed by atoms with van der Waals surface area (Å²) in [7, 11) is 0. The van der Waals surface area contributed by atoms with Gasteiger partial charge in [-0.2, -0.15) is 0 Å². The highest BCUT2D eigenvalue weighted by atomic mass is 16.3. The quantitative estimate of drug-likeness (QED) is 0.844. The largest absolute Gasteiger partial charge is 0.393 e. The highest BCUT2D eigenvalue weighted by molar-refractivity contribution is 4.87. The molecule has 0 radical (unpaired) electrons. The summed E-state index contributed by atoms with van der Waals surface area (Å²) in [5.41, 5.74) is 0.392. The van der Waals surface area contributed by atoms with Gasteiger partial charge in [0.2, 0.25) is 0 Å². The number of rotatable bonds is 3. The van der Waals surface area contributed by atoms with Crippen molar-refractivity contribution in [2.24, 2.45) is 29.1 Å². The van der Waals surface area contributed by atoms with Crippen LogP contribution in [0.1, 0.15) is 66.7 Å². The Hall–Kier alpha value is -0.0800. The summed E-state index contributed by atoms with van der Waals surface area (Å²) in [5, 5.41) is 10.4. The molecule has 1 aliphatic carbocycles. The third-order valence-corrected chi connectivity index (χ3v) is 6.23. The van der Waals surface area contributed by atoms with Crippen LogP contribution in [0.2, 0.25) is 0 Å². The summed E-state index contributed by atoms with van der Waals surface area (Å²) in [5.74, 6) is 3.02. The van der Waals surface area contributed by atoms with Crippen molar-refractivity contribution in [2.75, 3.05) is 19.6 Å². The van der Waals surface area contributed by atoms with Gasteiger partial charge in [-0.15, -0.1) is 0 Å². The Morgan fingerprint density at radius 2 is 1.67 bits per heavy atom. The van der Waals surface area contributed by atoms with Crippen LogP contribution in [0, 0.1) is 29.1 Å². The van der Waals surface area contributed by atoms with E-state index in [1.807, 2.05) is 0 Å². The Balaban J connectivity index is 1.84. The van der Waals surface area contributed by atoms with E-state index in [2.05, 4.69) is 39.5 Å². The minimum Gasteiger partial charge on any atom is -0.393 e. The molecule has 2 rings (SSSR count). The first-order chi connectivity index (χ1) is 9.77. The number of hydrogen-bond donors (Lipinski definition) is 1. The molecular formula is C19H37NO. The Morgan fingerprint density at radius 1 is 1.05 bits per heavy atom. The van der Waals surface area contributed by atoms with Crippen molar-refractivity contribution in [2.45, 2.75) is 72.8 Å². The van der Waals surface area contributed by atoms with E-state index in [1.165, 1.54) is 38.8 Å². The number of aliphatic hydroxyl groups is 1. The van der Waals surface area contributed by atoms with Crippen LogP contribution in [0.3, 0.4) is 0 Å². The van der Waals surface area contributed by atoms with Gasteiger partial charge in [0, 0.05) is 6.54 Å². The molecule has 0 aromatic heterocycles. The maximum Gasteiger partial charge on any atom is 0.0580 e. The molecule has 1 heterocycles. The molecule has 0 spiro atoms. The average Bonchev–Trinajstić information content (AvgIpc) is 2.40. The van der Waals surface area contributed by atoms with Gasteiger partial charge in [0.25, 0.3) is 0 Å². The van der Waals surface area contributed by atoms with Gasteiger partial charge >= 0.3 is 0 Å². The molecule has 0 bridgehead atoms. The molecule has 0 amide bonds. The second kappa shape index (κ2) is 7.00. The van der Waals surface area contributed by atoms with Crippen LogP contribution >= 0.6 is 0 Å². The predicted molar refractivity (Wildman–Crippen MR) is 90.3 cm³/mol. The molecule has 0 aromatic carbocycles. The molecule has 3 unspecified atom stereocenters. The first-order valence-electron chi connectivity index (χ1n) is 9.17. The van der Waals surface area contributed by atoms with Crippen LogP contribution in [0.25, 0.3) is 0 Å². The number of piperidine rings is 1. The third-order valence-electron chi connectivity index (χ3n) is 6.23. The minimum absolute atomic E-state index is 0.0635. The normalized spacial score (nSPS) is 33.6. The summed E-state index contributed by atoms with van der Waals surface area (Å²) in [6, 6.07) is 0. The molecule has 2 heteroatoms. The van der Waals surface area contributed by atoms with Gasteiger partial charge in [-0.05, 0) is 74.3 Å². The topological polar surface area (TPSA) is 23.5 Å². The lowest BCUT2D eigenvalue weighted by Gasteiger charge is -2.43. The van der Waals surface area contributed by atoms with Crippen molar-refractivity contribution in [3.8, 4) is 0 Å². The summed E-state index contributed by atoms with van der Waals surface area (Å²) in [4.78, 5) is 2.62. The van der Waals surface area contributed by atoms with Crippen LogP contribution in [-0.2, 0) is 0 Å². The second-order valence-corrected chi connectivity index (χ2v) is 9.09. The number of nitrogens with zero attached hydrogens (tertiary/aromatic N) is 1. The fourth-order valence-electron chi connectivity index (χ4n) is 4.36. The molecule has 21 heavy (non-hydrogen) atoms. The fourth-order valence-corrected chi connectivity index (χ4v) is 4.36. The fraction of sp³-hybridized carbons (Fsp3) is 1.00. The minimum atomic E-state index is -0.0635. The molecule has 1 aliphatic heterocycles. The highest BCUT2D eigenvalue weighted by Gasteiger charge is 2.36. The molecular weight excluding hydrogens is 258 g/mol. The van der Waals surface area contributed by atoms with Crippen molar-refractivity contribution >= 4 is 0 Å². The summed E-state index contributed by atoms with van der Waals surface area (Å²) < 4.78 is 0. The van der Waals surface area contributed by atoms with E-state index in [-0.39, 0.29) is 6.10 Å². The molecule has 124 valence electrons. The predicted octanol–water partition coefficient (Wildman–Crippen LogP) is 4.18. The van der Waals surface area contributed by atoms with Crippen molar-refractivity contribution in [3.05, 3.63) is 0 Å². The molecule has 2 aliphatic rings. The zero-order valence-electron chi connectivity index (χ0n) is 14.9. The van der Waals surface area contributed by atoms with Gasteiger partial charge < -0.3 is 10.0 Å². The lowest BCUT2D eigenvalue weighted by molar-refractivity contribution is -0.00249. The molecule has 0 aromatic rings. The Bertz CT molecular complexity index is 312.